The van der Waals surface area contributed by atoms with Crippen molar-refractivity contribution in [2.75, 3.05) is 13.6 Å². The van der Waals surface area contributed by atoms with Crippen molar-refractivity contribution in [2.24, 2.45) is 10.7 Å². The van der Waals surface area contributed by atoms with Gasteiger partial charge in [-0.3, -0.25) is 15.1 Å². The minimum Gasteiger partial charge on any atom is -0.399 e. The van der Waals surface area contributed by atoms with Gasteiger partial charge in [0.25, 0.3) is 0 Å². The van der Waals surface area contributed by atoms with E-state index in [9.17, 15) is 14.5 Å². The van der Waals surface area contributed by atoms with Gasteiger partial charge in [0.2, 0.25) is 0 Å². The number of hydrogen-bond acceptors (Lipinski definition) is 5. The summed E-state index contributed by atoms with van der Waals surface area (Å²) in [5.41, 5.74) is 5.45. The summed E-state index contributed by atoms with van der Waals surface area (Å²) in [6.45, 7) is 0.426. The Kier molecular flexibility index (Phi) is 5.62. The van der Waals surface area contributed by atoms with Crippen molar-refractivity contribution in [1.82, 2.24) is 5.32 Å². The van der Waals surface area contributed by atoms with Crippen LogP contribution in [-0.2, 0) is 0 Å². The van der Waals surface area contributed by atoms with Crippen LogP contribution in [0.1, 0.15) is 11.6 Å². The molecule has 0 bridgehead atoms. The third-order valence-corrected chi connectivity index (χ3v) is 2.40. The molecule has 19 heavy (non-hydrogen) atoms. The van der Waals surface area contributed by atoms with E-state index in [1.165, 1.54) is 12.1 Å². The highest BCUT2D eigenvalue weighted by atomic mass is 19.1. The summed E-state index contributed by atoms with van der Waals surface area (Å²) in [7, 11) is 1.72. The molecule has 6 nitrogen and oxygen atoms in total. The van der Waals surface area contributed by atoms with Crippen LogP contribution in [0.4, 0.5) is 4.39 Å². The van der Waals surface area contributed by atoms with Crippen LogP contribution in [0.3, 0.4) is 0 Å². The van der Waals surface area contributed by atoms with E-state index < -0.39 is 11.0 Å². The minimum atomic E-state index is -0.633. The van der Waals surface area contributed by atoms with E-state index in [-0.39, 0.29) is 11.5 Å². The van der Waals surface area contributed by atoms with Crippen LogP contribution in [-0.4, -0.2) is 24.7 Å². The summed E-state index contributed by atoms with van der Waals surface area (Å²) in [5.74, 6) is -0.377. The van der Waals surface area contributed by atoms with Crippen LogP contribution in [0.2, 0.25) is 0 Å². The van der Waals surface area contributed by atoms with Crippen LogP contribution in [0.25, 0.3) is 0 Å². The molecule has 0 saturated heterocycles. The van der Waals surface area contributed by atoms with E-state index in [0.29, 0.717) is 12.1 Å². The summed E-state index contributed by atoms with van der Waals surface area (Å²) >= 11 is 0. The topological polar surface area (TPSA) is 93.5 Å². The van der Waals surface area contributed by atoms with Crippen LogP contribution in [0.15, 0.2) is 41.2 Å². The molecule has 0 aliphatic rings. The number of nitrogens with one attached hydrogen (secondary N) is 1. The van der Waals surface area contributed by atoms with Gasteiger partial charge in [-0.1, -0.05) is 12.1 Å². The van der Waals surface area contributed by atoms with E-state index >= 15 is 0 Å². The maximum absolute atomic E-state index is 13.1. The Morgan fingerprint density at radius 2 is 2.42 bits per heavy atom. The number of hydrogen-bond donors (Lipinski definition) is 2. The number of allylic oxidation sites excluding steroid dienone is 1. The molecule has 0 aliphatic heterocycles. The van der Waals surface area contributed by atoms with Gasteiger partial charge in [-0.25, -0.2) is 4.39 Å². The Bertz CT molecular complexity index is 502. The highest BCUT2D eigenvalue weighted by Gasteiger charge is 2.11. The first-order valence-corrected chi connectivity index (χ1v) is 5.58. The second kappa shape index (κ2) is 7.22. The van der Waals surface area contributed by atoms with Crippen molar-refractivity contribution in [3.63, 3.8) is 0 Å². The van der Waals surface area contributed by atoms with Gasteiger partial charge < -0.3 is 11.1 Å². The standard InChI is InChI=1S/C12H15FN4O2/c1-15-8-12(9-3-2-4-10(13)5-9)16-7-11(6-14)17(18)19/h2-7,12,15H,8,14H2,1H3/b11-6+,16-7?. The van der Waals surface area contributed by atoms with Gasteiger partial charge in [0.15, 0.2) is 0 Å². The zero-order valence-corrected chi connectivity index (χ0v) is 10.4. The second-order valence-corrected chi connectivity index (χ2v) is 3.76. The highest BCUT2D eigenvalue weighted by Crippen LogP contribution is 2.17. The summed E-state index contributed by atoms with van der Waals surface area (Å²) in [6.07, 6.45) is 1.94. The van der Waals surface area contributed by atoms with Crippen molar-refractivity contribution in [3.8, 4) is 0 Å². The lowest BCUT2D eigenvalue weighted by molar-refractivity contribution is -0.414. The van der Waals surface area contributed by atoms with Gasteiger partial charge in [0, 0.05) is 6.54 Å². The fraction of sp³-hybridized carbons (Fsp3) is 0.250. The molecule has 0 fully saturated rings. The van der Waals surface area contributed by atoms with E-state index in [1.54, 1.807) is 19.2 Å². The third kappa shape index (κ3) is 4.47. The Morgan fingerprint density at radius 3 is 2.95 bits per heavy atom. The Labute approximate surface area is 110 Å². The highest BCUT2D eigenvalue weighted by molar-refractivity contribution is 5.75. The molecule has 3 N–H and O–H groups in total. The van der Waals surface area contributed by atoms with E-state index in [2.05, 4.69) is 10.3 Å². The molecule has 1 aromatic rings. The van der Waals surface area contributed by atoms with E-state index in [0.717, 1.165) is 12.4 Å². The fourth-order valence-corrected chi connectivity index (χ4v) is 1.48. The van der Waals surface area contributed by atoms with Gasteiger partial charge in [-0.2, -0.15) is 0 Å². The lowest BCUT2D eigenvalue weighted by Gasteiger charge is -2.11. The number of likely N-dealkylation sites (N-methyl/N-ethyl adjacent to an activating group) is 1. The predicted molar refractivity (Wildman–Crippen MR) is 70.8 cm³/mol. The molecule has 0 heterocycles. The van der Waals surface area contributed by atoms with E-state index in [1.807, 2.05) is 0 Å². The number of halogens is 1. The Hall–Kier alpha value is -2.28. The lowest BCUT2D eigenvalue weighted by atomic mass is 10.1. The van der Waals surface area contributed by atoms with Gasteiger partial charge >= 0.3 is 5.70 Å². The molecule has 0 aliphatic carbocycles. The maximum Gasteiger partial charge on any atom is 0.302 e. The smallest absolute Gasteiger partial charge is 0.302 e. The summed E-state index contributed by atoms with van der Waals surface area (Å²) in [5, 5.41) is 13.5. The molecule has 0 aromatic heterocycles. The molecule has 0 saturated carbocycles. The second-order valence-electron chi connectivity index (χ2n) is 3.76. The van der Waals surface area contributed by atoms with Gasteiger partial charge in [-0.05, 0) is 24.7 Å². The largest absolute Gasteiger partial charge is 0.399 e. The van der Waals surface area contributed by atoms with E-state index in [4.69, 9.17) is 5.73 Å². The Balaban J connectivity index is 2.96. The van der Waals surface area contributed by atoms with Gasteiger partial charge in [0.1, 0.15) is 12.0 Å². The number of nitrogens with zero attached hydrogens (tertiary/aromatic N) is 2. The molecule has 0 radical (unpaired) electrons. The van der Waals surface area contributed by atoms with Crippen molar-refractivity contribution in [2.45, 2.75) is 6.04 Å². The lowest BCUT2D eigenvalue weighted by Crippen LogP contribution is -2.16. The molecule has 102 valence electrons. The Morgan fingerprint density at radius 1 is 1.68 bits per heavy atom. The quantitative estimate of drug-likeness (QED) is 0.460. The number of nitrogens with two attached hydrogens (primary N) is 1. The summed E-state index contributed by atoms with van der Waals surface area (Å²) < 4.78 is 13.1. The average molecular weight is 266 g/mol. The SMILES string of the molecule is CNCC(N=C/C(=C\N)[N+](=O)[O-])c1cccc(F)c1. The molecule has 1 aromatic carbocycles. The molecule has 7 heteroatoms. The molecule has 0 spiro atoms. The first-order valence-electron chi connectivity index (χ1n) is 5.58. The van der Waals surface area contributed by atoms with Crippen molar-refractivity contribution in [3.05, 3.63) is 57.7 Å². The van der Waals surface area contributed by atoms with Crippen LogP contribution < -0.4 is 11.1 Å². The molecular weight excluding hydrogens is 251 g/mol. The molecular formula is C12H15FN4O2. The first kappa shape index (κ1) is 14.8. The summed E-state index contributed by atoms with van der Waals surface area (Å²) in [4.78, 5) is 14.0. The number of nitro groups is 1. The van der Waals surface area contributed by atoms with Crippen LogP contribution in [0, 0.1) is 15.9 Å². The molecule has 0 amide bonds. The zero-order valence-electron chi connectivity index (χ0n) is 10.4. The average Bonchev–Trinajstić information content (AvgIpc) is 2.37. The molecule has 1 rings (SSSR count). The number of aliphatic imine (C=N–C) groups is 1. The molecule has 1 unspecified atom stereocenters. The molecule has 1 atom stereocenters. The normalized spacial score (nSPS) is 13.7. The van der Waals surface area contributed by atoms with Crippen LogP contribution >= 0.6 is 0 Å². The third-order valence-electron chi connectivity index (χ3n) is 2.40. The van der Waals surface area contributed by atoms with Crippen molar-refractivity contribution in [1.29, 1.82) is 0 Å². The predicted octanol–water partition coefficient (Wildman–Crippen LogP) is 1.23. The summed E-state index contributed by atoms with van der Waals surface area (Å²) in [6, 6.07) is 5.52. The van der Waals surface area contributed by atoms with Crippen molar-refractivity contribution < 1.29 is 9.31 Å². The van der Waals surface area contributed by atoms with Crippen LogP contribution in [0.5, 0.6) is 0 Å². The minimum absolute atomic E-state index is 0.308. The fourth-order valence-electron chi connectivity index (χ4n) is 1.48. The van der Waals surface area contributed by atoms with Gasteiger partial charge in [-0.15, -0.1) is 0 Å². The van der Waals surface area contributed by atoms with Crippen molar-refractivity contribution >= 4 is 6.21 Å². The number of benzene rings is 1. The zero-order chi connectivity index (χ0) is 14.3. The maximum atomic E-state index is 13.1. The number of rotatable bonds is 6. The monoisotopic (exact) mass is 266 g/mol. The first-order chi connectivity index (χ1) is 9.08. The van der Waals surface area contributed by atoms with Gasteiger partial charge in [0.05, 0.1) is 17.2 Å².